The van der Waals surface area contributed by atoms with Gasteiger partial charge in [0.1, 0.15) is 11.8 Å². The molecule has 0 aliphatic carbocycles. The van der Waals surface area contributed by atoms with Gasteiger partial charge in [0.2, 0.25) is 15.9 Å². The first-order valence-electron chi connectivity index (χ1n) is 10.6. The van der Waals surface area contributed by atoms with Crippen molar-refractivity contribution in [3.05, 3.63) is 95.0 Å². The van der Waals surface area contributed by atoms with Crippen molar-refractivity contribution in [1.82, 2.24) is 10.0 Å². The smallest absolute Gasteiger partial charge is 0.241 e. The number of hydrogen-bond acceptors (Lipinski definition) is 4. The Morgan fingerprint density at radius 3 is 2.24 bits per heavy atom. The number of hydrogen-bond donors (Lipinski definition) is 2. The fraction of sp³-hybridized carbons (Fsp3) is 0.240. The van der Waals surface area contributed by atoms with E-state index in [1.807, 2.05) is 74.5 Å². The Morgan fingerprint density at radius 2 is 1.64 bits per heavy atom. The molecule has 0 heterocycles. The van der Waals surface area contributed by atoms with Crippen LogP contribution in [0.4, 0.5) is 0 Å². The first kappa shape index (κ1) is 24.8. The van der Waals surface area contributed by atoms with Gasteiger partial charge in [0.05, 0.1) is 22.6 Å². The molecule has 2 N–H and O–H groups in total. The van der Waals surface area contributed by atoms with E-state index < -0.39 is 22.0 Å². The summed E-state index contributed by atoms with van der Waals surface area (Å²) >= 11 is 6.18. The first-order valence-corrected chi connectivity index (χ1v) is 12.5. The molecule has 3 aromatic rings. The lowest BCUT2D eigenvalue weighted by molar-refractivity contribution is -0.123. The molecule has 0 bridgehead atoms. The molecule has 0 aromatic heterocycles. The number of amides is 1. The number of sulfonamides is 1. The van der Waals surface area contributed by atoms with Crippen LogP contribution in [-0.2, 0) is 21.2 Å². The molecule has 6 nitrogen and oxygen atoms in total. The van der Waals surface area contributed by atoms with Crippen molar-refractivity contribution in [2.24, 2.45) is 0 Å². The lowest BCUT2D eigenvalue weighted by atomic mass is 10.0. The standard InChI is InChI=1S/C25H27ClN2O4S/c1-3-32-24-15-14-21(17-22(24)26)33(30,31)28-23(16-19-10-6-4-7-11-19)25(29)27-18(2)20-12-8-5-9-13-20/h4-15,17-18,23,28H,3,16H2,1-2H3,(H,27,29)/t18-,23-/m0/s1. The summed E-state index contributed by atoms with van der Waals surface area (Å²) in [6.45, 7) is 4.07. The quantitative estimate of drug-likeness (QED) is 0.441. The third kappa shape index (κ3) is 6.81. The van der Waals surface area contributed by atoms with Gasteiger partial charge in [-0.3, -0.25) is 4.79 Å². The van der Waals surface area contributed by atoms with E-state index in [0.29, 0.717) is 12.4 Å². The van der Waals surface area contributed by atoms with Crippen LogP contribution in [0.2, 0.25) is 5.02 Å². The first-order chi connectivity index (χ1) is 15.8. The van der Waals surface area contributed by atoms with E-state index in [-0.39, 0.29) is 22.4 Å². The molecule has 2 atom stereocenters. The summed E-state index contributed by atoms with van der Waals surface area (Å²) in [5, 5.41) is 3.10. The van der Waals surface area contributed by atoms with Crippen LogP contribution in [0.25, 0.3) is 0 Å². The number of carbonyl (C=O) groups excluding carboxylic acids is 1. The molecular weight excluding hydrogens is 460 g/mol. The van der Waals surface area contributed by atoms with Gasteiger partial charge in [-0.2, -0.15) is 4.72 Å². The molecule has 0 saturated carbocycles. The zero-order chi connectivity index (χ0) is 23.8. The Balaban J connectivity index is 1.84. The van der Waals surface area contributed by atoms with Crippen molar-refractivity contribution in [2.45, 2.75) is 37.2 Å². The largest absolute Gasteiger partial charge is 0.492 e. The maximum absolute atomic E-state index is 13.2. The number of benzene rings is 3. The fourth-order valence-corrected chi connectivity index (χ4v) is 4.87. The molecule has 0 fully saturated rings. The molecular formula is C25H27ClN2O4S. The molecule has 1 amide bonds. The number of halogens is 1. The van der Waals surface area contributed by atoms with Gasteiger partial charge >= 0.3 is 0 Å². The summed E-state index contributed by atoms with van der Waals surface area (Å²) in [5.41, 5.74) is 1.75. The summed E-state index contributed by atoms with van der Waals surface area (Å²) in [5.74, 6) is -0.0239. The van der Waals surface area contributed by atoms with Crippen LogP contribution in [0, 0.1) is 0 Å². The molecule has 174 valence electrons. The molecule has 8 heteroatoms. The maximum Gasteiger partial charge on any atom is 0.241 e. The van der Waals surface area contributed by atoms with Crippen LogP contribution < -0.4 is 14.8 Å². The molecule has 0 spiro atoms. The highest BCUT2D eigenvalue weighted by Gasteiger charge is 2.27. The van der Waals surface area contributed by atoms with Gasteiger partial charge in [-0.15, -0.1) is 0 Å². The molecule has 0 saturated heterocycles. The predicted molar refractivity (Wildman–Crippen MR) is 130 cm³/mol. The fourth-order valence-electron chi connectivity index (χ4n) is 3.35. The topological polar surface area (TPSA) is 84.5 Å². The molecule has 33 heavy (non-hydrogen) atoms. The third-order valence-electron chi connectivity index (χ3n) is 5.07. The monoisotopic (exact) mass is 486 g/mol. The normalized spacial score (nSPS) is 13.2. The average Bonchev–Trinajstić information content (AvgIpc) is 2.81. The van der Waals surface area contributed by atoms with Crippen molar-refractivity contribution in [2.75, 3.05) is 6.61 Å². The highest BCUT2D eigenvalue weighted by molar-refractivity contribution is 7.89. The molecule has 3 aromatic carbocycles. The van der Waals surface area contributed by atoms with E-state index in [2.05, 4.69) is 10.0 Å². The van der Waals surface area contributed by atoms with Crippen LogP contribution in [0.5, 0.6) is 5.75 Å². The summed E-state index contributed by atoms with van der Waals surface area (Å²) in [7, 11) is -4.03. The zero-order valence-electron chi connectivity index (χ0n) is 18.5. The number of nitrogens with one attached hydrogen (secondary N) is 2. The number of ether oxygens (including phenoxy) is 1. The number of carbonyl (C=O) groups is 1. The summed E-state index contributed by atoms with van der Waals surface area (Å²) in [6.07, 6.45) is 0.193. The average molecular weight is 487 g/mol. The number of rotatable bonds is 10. The predicted octanol–water partition coefficient (Wildman–Crippen LogP) is 4.51. The van der Waals surface area contributed by atoms with Crippen molar-refractivity contribution in [3.63, 3.8) is 0 Å². The minimum Gasteiger partial charge on any atom is -0.492 e. The molecule has 0 radical (unpaired) electrons. The summed E-state index contributed by atoms with van der Waals surface area (Å²) in [6, 6.07) is 21.7. The second-order valence-corrected chi connectivity index (χ2v) is 9.65. The zero-order valence-corrected chi connectivity index (χ0v) is 20.1. The Bertz CT molecular complexity index is 1170. The van der Waals surface area contributed by atoms with Gasteiger partial charge in [0, 0.05) is 0 Å². The minimum atomic E-state index is -4.03. The van der Waals surface area contributed by atoms with Gasteiger partial charge in [-0.25, -0.2) is 8.42 Å². The lowest BCUT2D eigenvalue weighted by Gasteiger charge is -2.22. The van der Waals surface area contributed by atoms with E-state index in [9.17, 15) is 13.2 Å². The van der Waals surface area contributed by atoms with Crippen molar-refractivity contribution in [3.8, 4) is 5.75 Å². The Morgan fingerprint density at radius 1 is 1.00 bits per heavy atom. The SMILES string of the molecule is CCOc1ccc(S(=O)(=O)N[C@@H](Cc2ccccc2)C(=O)N[C@@H](C)c2ccccc2)cc1Cl. The van der Waals surface area contributed by atoms with Gasteiger partial charge in [-0.1, -0.05) is 72.3 Å². The second kappa shape index (κ2) is 11.3. The van der Waals surface area contributed by atoms with Gasteiger partial charge in [-0.05, 0) is 49.6 Å². The maximum atomic E-state index is 13.2. The van der Waals surface area contributed by atoms with E-state index in [4.69, 9.17) is 16.3 Å². The molecule has 0 aliphatic heterocycles. The van der Waals surface area contributed by atoms with E-state index in [0.717, 1.165) is 11.1 Å². The Hall–Kier alpha value is -2.87. The Kier molecular flexibility index (Phi) is 8.49. The van der Waals surface area contributed by atoms with Crippen LogP contribution in [0.15, 0.2) is 83.8 Å². The molecule has 3 rings (SSSR count). The van der Waals surface area contributed by atoms with Gasteiger partial charge < -0.3 is 10.1 Å². The van der Waals surface area contributed by atoms with Crippen LogP contribution in [0.3, 0.4) is 0 Å². The minimum absolute atomic E-state index is 0.0436. The van der Waals surface area contributed by atoms with Crippen molar-refractivity contribution >= 4 is 27.5 Å². The highest BCUT2D eigenvalue weighted by atomic mass is 35.5. The van der Waals surface area contributed by atoms with Gasteiger partial charge in [0.15, 0.2) is 0 Å². The lowest BCUT2D eigenvalue weighted by Crippen LogP contribution is -2.48. The molecule has 0 unspecified atom stereocenters. The summed E-state index contributed by atoms with van der Waals surface area (Å²) in [4.78, 5) is 13.1. The second-order valence-electron chi connectivity index (χ2n) is 7.53. The highest BCUT2D eigenvalue weighted by Crippen LogP contribution is 2.27. The van der Waals surface area contributed by atoms with E-state index >= 15 is 0 Å². The van der Waals surface area contributed by atoms with Crippen molar-refractivity contribution < 1.29 is 17.9 Å². The van der Waals surface area contributed by atoms with Gasteiger partial charge in [0.25, 0.3) is 0 Å². The molecule has 0 aliphatic rings. The van der Waals surface area contributed by atoms with E-state index in [1.165, 1.54) is 18.2 Å². The van der Waals surface area contributed by atoms with Crippen molar-refractivity contribution in [1.29, 1.82) is 0 Å². The van der Waals surface area contributed by atoms with E-state index in [1.54, 1.807) is 0 Å². The van der Waals surface area contributed by atoms with Crippen LogP contribution in [-0.4, -0.2) is 27.0 Å². The Labute approximate surface area is 200 Å². The van der Waals surface area contributed by atoms with Crippen LogP contribution in [0.1, 0.15) is 31.0 Å². The third-order valence-corrected chi connectivity index (χ3v) is 6.83. The summed E-state index contributed by atoms with van der Waals surface area (Å²) < 4.78 is 34.2. The van der Waals surface area contributed by atoms with Crippen LogP contribution >= 0.6 is 11.6 Å².